The van der Waals surface area contributed by atoms with Crippen LogP contribution >= 0.6 is 0 Å². The molecule has 3 unspecified atom stereocenters. The maximum absolute atomic E-state index is 13.5. The molecular weight excluding hydrogens is 331 g/mol. The molecular formula is C21H17FN2O2. The summed E-state index contributed by atoms with van der Waals surface area (Å²) in [5, 5.41) is 4.11. The van der Waals surface area contributed by atoms with Crippen molar-refractivity contribution < 1.29 is 13.9 Å². The molecule has 26 heavy (non-hydrogen) atoms. The normalized spacial score (nSPS) is 23.7. The average Bonchev–Trinajstić information content (AvgIpc) is 3.25. The predicted molar refractivity (Wildman–Crippen MR) is 95.3 cm³/mol. The second kappa shape index (κ2) is 5.53. The molecule has 4 atom stereocenters. The minimum Gasteiger partial charge on any atom is -0.489 e. The van der Waals surface area contributed by atoms with E-state index in [0.717, 1.165) is 22.0 Å². The van der Waals surface area contributed by atoms with Crippen LogP contribution in [0.15, 0.2) is 54.7 Å². The Labute approximate surface area is 150 Å². The number of pyridine rings is 1. The molecule has 4 nitrogen and oxygen atoms in total. The Hall–Kier alpha value is -2.95. The highest BCUT2D eigenvalue weighted by Crippen LogP contribution is 2.58. The highest BCUT2D eigenvalue weighted by atomic mass is 19.1. The Morgan fingerprint density at radius 1 is 1.23 bits per heavy atom. The summed E-state index contributed by atoms with van der Waals surface area (Å²) in [5.41, 5.74) is 2.74. The largest absolute Gasteiger partial charge is 0.489 e. The zero-order valence-electron chi connectivity index (χ0n) is 14.1. The maximum atomic E-state index is 13.5. The van der Waals surface area contributed by atoms with Crippen LogP contribution in [0, 0.1) is 11.7 Å². The average molecular weight is 348 g/mol. The van der Waals surface area contributed by atoms with Gasteiger partial charge in [0.15, 0.2) is 0 Å². The summed E-state index contributed by atoms with van der Waals surface area (Å²) in [5.74, 6) is 0.0551. The summed E-state index contributed by atoms with van der Waals surface area (Å²) in [6, 6.07) is 14.2. The van der Waals surface area contributed by atoms with E-state index in [1.807, 2.05) is 37.3 Å². The van der Waals surface area contributed by atoms with E-state index >= 15 is 0 Å². The fraction of sp³-hybridized carbons (Fsp3) is 0.238. The highest BCUT2D eigenvalue weighted by Gasteiger charge is 2.62. The van der Waals surface area contributed by atoms with Gasteiger partial charge in [0.25, 0.3) is 0 Å². The minimum atomic E-state index is -0.296. The molecule has 1 amide bonds. The van der Waals surface area contributed by atoms with Crippen LogP contribution in [0.25, 0.3) is 10.9 Å². The van der Waals surface area contributed by atoms with E-state index in [9.17, 15) is 9.18 Å². The van der Waals surface area contributed by atoms with Gasteiger partial charge in [-0.3, -0.25) is 9.78 Å². The summed E-state index contributed by atoms with van der Waals surface area (Å²) in [7, 11) is 0. The van der Waals surface area contributed by atoms with E-state index in [4.69, 9.17) is 4.74 Å². The van der Waals surface area contributed by atoms with Gasteiger partial charge >= 0.3 is 0 Å². The first-order valence-electron chi connectivity index (χ1n) is 8.73. The minimum absolute atomic E-state index is 0.0397. The fourth-order valence-corrected chi connectivity index (χ4v) is 4.04. The van der Waals surface area contributed by atoms with Crippen molar-refractivity contribution in [1.29, 1.82) is 0 Å². The Morgan fingerprint density at radius 2 is 2.12 bits per heavy atom. The summed E-state index contributed by atoms with van der Waals surface area (Å²) >= 11 is 0. The quantitative estimate of drug-likeness (QED) is 0.785. The molecule has 3 aromatic rings. The van der Waals surface area contributed by atoms with Crippen molar-refractivity contribution in [2.75, 3.05) is 0 Å². The number of hydrogen-bond acceptors (Lipinski definition) is 3. The molecule has 1 aliphatic heterocycles. The van der Waals surface area contributed by atoms with Crippen molar-refractivity contribution in [3.05, 3.63) is 71.7 Å². The molecule has 1 aliphatic carbocycles. The number of rotatable bonds is 3. The number of carbonyl (C=O) groups is 1. The van der Waals surface area contributed by atoms with Gasteiger partial charge in [0.1, 0.15) is 17.7 Å². The third-order valence-electron chi connectivity index (χ3n) is 5.36. The van der Waals surface area contributed by atoms with E-state index in [2.05, 4.69) is 10.3 Å². The first kappa shape index (κ1) is 15.3. The standard InChI is InChI=1S/C21H17FN2O2/c1-11(13-4-2-6-16-14(13)5-3-9-23-16)24-21(25)19-18-15-10-12(22)7-8-17(15)26-20(18)19/h2-11,18-20H,1H3,(H,24,25)/t11-,18?,19?,20?/m0/s1. The molecule has 1 aromatic heterocycles. The third kappa shape index (κ3) is 2.27. The smallest absolute Gasteiger partial charge is 0.228 e. The number of fused-ring (bicyclic) bond motifs is 4. The molecule has 5 rings (SSSR count). The summed E-state index contributed by atoms with van der Waals surface area (Å²) in [6.45, 7) is 1.96. The van der Waals surface area contributed by atoms with Crippen molar-refractivity contribution >= 4 is 16.8 Å². The van der Waals surface area contributed by atoms with E-state index in [-0.39, 0.29) is 35.7 Å². The number of amides is 1. The van der Waals surface area contributed by atoms with Crippen LogP contribution in [-0.2, 0) is 4.79 Å². The molecule has 5 heteroatoms. The maximum Gasteiger partial charge on any atom is 0.228 e. The highest BCUT2D eigenvalue weighted by molar-refractivity contribution is 5.87. The van der Waals surface area contributed by atoms with Crippen LogP contribution in [0.4, 0.5) is 4.39 Å². The van der Waals surface area contributed by atoms with E-state index in [1.54, 1.807) is 12.3 Å². The van der Waals surface area contributed by atoms with Crippen LogP contribution in [0.1, 0.15) is 30.0 Å². The van der Waals surface area contributed by atoms with E-state index in [1.165, 1.54) is 12.1 Å². The van der Waals surface area contributed by atoms with Crippen molar-refractivity contribution in [2.24, 2.45) is 5.92 Å². The number of hydrogen-bond donors (Lipinski definition) is 1. The van der Waals surface area contributed by atoms with Crippen LogP contribution < -0.4 is 10.1 Å². The Morgan fingerprint density at radius 3 is 3.00 bits per heavy atom. The number of carbonyl (C=O) groups excluding carboxylic acids is 1. The number of benzene rings is 2. The predicted octanol–water partition coefficient (Wildman–Crippen LogP) is 3.73. The zero-order chi connectivity index (χ0) is 17.8. The zero-order valence-corrected chi connectivity index (χ0v) is 14.1. The molecule has 2 aliphatic rings. The van der Waals surface area contributed by atoms with Crippen molar-refractivity contribution in [3.63, 3.8) is 0 Å². The van der Waals surface area contributed by atoms with Crippen molar-refractivity contribution in [3.8, 4) is 5.75 Å². The number of aromatic nitrogens is 1. The number of halogens is 1. The lowest BCUT2D eigenvalue weighted by Gasteiger charge is -2.17. The lowest BCUT2D eigenvalue weighted by atomic mass is 10.0. The van der Waals surface area contributed by atoms with Gasteiger partial charge in [-0.15, -0.1) is 0 Å². The van der Waals surface area contributed by atoms with Crippen LogP contribution in [0.3, 0.4) is 0 Å². The summed E-state index contributed by atoms with van der Waals surface area (Å²) < 4.78 is 19.3. The molecule has 0 bridgehead atoms. The van der Waals surface area contributed by atoms with Gasteiger partial charge in [-0.05, 0) is 42.8 Å². The van der Waals surface area contributed by atoms with Gasteiger partial charge in [0.05, 0.1) is 17.5 Å². The second-order valence-electron chi connectivity index (χ2n) is 6.96. The van der Waals surface area contributed by atoms with Crippen molar-refractivity contribution in [2.45, 2.75) is 25.0 Å². The van der Waals surface area contributed by atoms with Gasteiger partial charge in [-0.2, -0.15) is 0 Å². The summed E-state index contributed by atoms with van der Waals surface area (Å²) in [6.07, 6.45) is 1.59. The molecule has 0 spiro atoms. The topological polar surface area (TPSA) is 51.2 Å². The molecule has 0 saturated heterocycles. The molecule has 0 radical (unpaired) electrons. The first-order valence-corrected chi connectivity index (χ1v) is 8.73. The number of ether oxygens (including phenoxy) is 1. The monoisotopic (exact) mass is 348 g/mol. The molecule has 2 heterocycles. The Balaban J connectivity index is 1.35. The SMILES string of the molecule is C[C@H](NC(=O)C1C2Oc3ccc(F)cc3C21)c1cccc2ncccc12. The third-order valence-corrected chi connectivity index (χ3v) is 5.36. The number of nitrogens with one attached hydrogen (secondary N) is 1. The van der Waals surface area contributed by atoms with Crippen LogP contribution in [0.5, 0.6) is 5.75 Å². The lowest BCUT2D eigenvalue weighted by Crippen LogP contribution is -2.30. The first-order chi connectivity index (χ1) is 12.6. The van der Waals surface area contributed by atoms with E-state index in [0.29, 0.717) is 5.75 Å². The van der Waals surface area contributed by atoms with Crippen molar-refractivity contribution in [1.82, 2.24) is 10.3 Å². The van der Waals surface area contributed by atoms with Crippen LogP contribution in [0.2, 0.25) is 0 Å². The fourth-order valence-electron chi connectivity index (χ4n) is 4.04. The molecule has 2 aromatic carbocycles. The Kier molecular flexibility index (Phi) is 3.26. The molecule has 1 N–H and O–H groups in total. The van der Waals surface area contributed by atoms with E-state index < -0.39 is 0 Å². The Bertz CT molecular complexity index is 1030. The number of nitrogens with zero attached hydrogens (tertiary/aromatic N) is 1. The lowest BCUT2D eigenvalue weighted by molar-refractivity contribution is -0.123. The second-order valence-corrected chi connectivity index (χ2v) is 6.96. The summed E-state index contributed by atoms with van der Waals surface area (Å²) in [4.78, 5) is 17.1. The van der Waals surface area contributed by atoms with Gasteiger partial charge < -0.3 is 10.1 Å². The van der Waals surface area contributed by atoms with Gasteiger partial charge in [0.2, 0.25) is 5.91 Å². The molecule has 1 fully saturated rings. The molecule has 130 valence electrons. The molecule has 1 saturated carbocycles. The van der Waals surface area contributed by atoms with Gasteiger partial charge in [-0.1, -0.05) is 18.2 Å². The van der Waals surface area contributed by atoms with Gasteiger partial charge in [-0.25, -0.2) is 4.39 Å². The van der Waals surface area contributed by atoms with Crippen LogP contribution in [-0.4, -0.2) is 17.0 Å². The van der Waals surface area contributed by atoms with Gasteiger partial charge in [0, 0.05) is 23.1 Å².